The van der Waals surface area contributed by atoms with Gasteiger partial charge >= 0.3 is 6.09 Å². The smallest absolute Gasteiger partial charge is 0.407 e. The van der Waals surface area contributed by atoms with E-state index in [1.54, 1.807) is 24.3 Å². The van der Waals surface area contributed by atoms with E-state index < -0.39 is 16.2 Å². The van der Waals surface area contributed by atoms with Gasteiger partial charge in [0.2, 0.25) is 0 Å². The zero-order chi connectivity index (χ0) is 18.1. The van der Waals surface area contributed by atoms with Crippen molar-refractivity contribution in [2.75, 3.05) is 26.3 Å². The third-order valence-corrected chi connectivity index (χ3v) is 6.30. The second kappa shape index (κ2) is 6.93. The van der Waals surface area contributed by atoms with Gasteiger partial charge in [-0.25, -0.2) is 4.79 Å². The fraction of sp³-hybridized carbons (Fsp3) is 0.588. The number of piperidine rings is 1. The summed E-state index contributed by atoms with van der Waals surface area (Å²) in [6.45, 7) is 3.31. The maximum atomic E-state index is 12.3. The van der Waals surface area contributed by atoms with Crippen LogP contribution in [0.1, 0.15) is 24.8 Å². The number of nitrogens with zero attached hydrogens (tertiary/aromatic N) is 1. The van der Waals surface area contributed by atoms with Crippen molar-refractivity contribution in [1.82, 2.24) is 4.90 Å². The number of hydrogen-bond acceptors (Lipinski definition) is 5. The topological polar surface area (TPSA) is 93.1 Å². The van der Waals surface area contributed by atoms with Gasteiger partial charge in [0.05, 0.1) is 23.7 Å². The van der Waals surface area contributed by atoms with E-state index in [0.29, 0.717) is 39.0 Å². The van der Waals surface area contributed by atoms with Crippen LogP contribution in [-0.4, -0.2) is 56.4 Å². The van der Waals surface area contributed by atoms with Crippen LogP contribution in [0.3, 0.4) is 0 Å². The quantitative estimate of drug-likeness (QED) is 0.818. The normalized spacial score (nSPS) is 23.1. The van der Waals surface area contributed by atoms with Gasteiger partial charge in [0.1, 0.15) is 0 Å². The molecule has 1 spiro atoms. The van der Waals surface area contributed by atoms with Gasteiger partial charge in [0, 0.05) is 19.0 Å². The van der Waals surface area contributed by atoms with Gasteiger partial charge in [-0.3, -0.25) is 4.18 Å². The summed E-state index contributed by atoms with van der Waals surface area (Å²) in [5.41, 5.74) is 0.644. The van der Waals surface area contributed by atoms with Crippen LogP contribution >= 0.6 is 0 Å². The monoisotopic (exact) mass is 369 g/mol. The van der Waals surface area contributed by atoms with Crippen LogP contribution in [0.25, 0.3) is 0 Å². The zero-order valence-corrected chi connectivity index (χ0v) is 15.0. The van der Waals surface area contributed by atoms with Crippen LogP contribution in [-0.2, 0) is 19.0 Å². The lowest BCUT2D eigenvalue weighted by atomic mass is 9.86. The van der Waals surface area contributed by atoms with Crippen molar-refractivity contribution in [3.63, 3.8) is 0 Å². The maximum Gasteiger partial charge on any atom is 0.407 e. The molecule has 0 aliphatic carbocycles. The largest absolute Gasteiger partial charge is 0.465 e. The molecule has 2 saturated heterocycles. The van der Waals surface area contributed by atoms with E-state index in [1.807, 2.05) is 6.92 Å². The Balaban J connectivity index is 1.54. The number of aryl methyl sites for hydroxylation is 1. The van der Waals surface area contributed by atoms with Crippen molar-refractivity contribution in [3.05, 3.63) is 29.8 Å². The van der Waals surface area contributed by atoms with E-state index >= 15 is 0 Å². The first-order chi connectivity index (χ1) is 11.8. The number of rotatable bonds is 4. The SMILES string of the molecule is Cc1ccc(S(=O)(=O)OCC2COC3(CCN(C(=O)O)CC3)C2)cc1. The van der Waals surface area contributed by atoms with Crippen LogP contribution in [0.4, 0.5) is 4.79 Å². The average Bonchev–Trinajstić information content (AvgIpc) is 2.97. The molecule has 7 nitrogen and oxygen atoms in total. The molecule has 8 heteroatoms. The molecule has 0 bridgehead atoms. The molecule has 138 valence electrons. The second-order valence-electron chi connectivity index (χ2n) is 6.89. The van der Waals surface area contributed by atoms with Gasteiger partial charge in [0.15, 0.2) is 0 Å². The molecule has 1 aromatic rings. The number of amides is 1. The molecular formula is C17H23NO6S. The van der Waals surface area contributed by atoms with E-state index in [9.17, 15) is 13.2 Å². The number of hydrogen-bond donors (Lipinski definition) is 1. The van der Waals surface area contributed by atoms with Crippen molar-refractivity contribution in [3.8, 4) is 0 Å². The standard InChI is InChI=1S/C17H23NO6S/c1-13-2-4-15(5-3-13)25(21,22)24-12-14-10-17(23-11-14)6-8-18(9-7-17)16(19)20/h2-5,14H,6-12H2,1H3,(H,19,20). The predicted molar refractivity (Wildman–Crippen MR) is 89.9 cm³/mol. The Morgan fingerprint density at radius 2 is 1.96 bits per heavy atom. The van der Waals surface area contributed by atoms with Gasteiger partial charge in [0.25, 0.3) is 10.1 Å². The lowest BCUT2D eigenvalue weighted by Gasteiger charge is -2.37. The van der Waals surface area contributed by atoms with Crippen molar-refractivity contribution >= 4 is 16.2 Å². The van der Waals surface area contributed by atoms with Crippen LogP contribution in [0.15, 0.2) is 29.2 Å². The molecule has 1 unspecified atom stereocenters. The Hall–Kier alpha value is -1.64. The van der Waals surface area contributed by atoms with Gasteiger partial charge in [-0.05, 0) is 38.3 Å². The van der Waals surface area contributed by atoms with Crippen molar-refractivity contribution in [1.29, 1.82) is 0 Å². The molecule has 0 radical (unpaired) electrons. The predicted octanol–water partition coefficient (Wildman–Crippen LogP) is 2.25. The molecular weight excluding hydrogens is 346 g/mol. The van der Waals surface area contributed by atoms with Crippen LogP contribution < -0.4 is 0 Å². The third-order valence-electron chi connectivity index (χ3n) is 5.00. The highest BCUT2D eigenvalue weighted by molar-refractivity contribution is 7.86. The van der Waals surface area contributed by atoms with Gasteiger partial charge in [-0.15, -0.1) is 0 Å². The molecule has 2 fully saturated rings. The minimum Gasteiger partial charge on any atom is -0.465 e. The fourth-order valence-electron chi connectivity index (χ4n) is 3.46. The molecule has 1 aromatic carbocycles. The van der Waals surface area contributed by atoms with E-state index in [0.717, 1.165) is 5.56 Å². The zero-order valence-electron chi connectivity index (χ0n) is 14.2. The summed E-state index contributed by atoms with van der Waals surface area (Å²) in [7, 11) is -3.77. The fourth-order valence-corrected chi connectivity index (χ4v) is 4.44. The van der Waals surface area contributed by atoms with Crippen molar-refractivity contribution < 1.29 is 27.2 Å². The highest BCUT2D eigenvalue weighted by Crippen LogP contribution is 2.39. The highest BCUT2D eigenvalue weighted by Gasteiger charge is 2.43. The summed E-state index contributed by atoms with van der Waals surface area (Å²) >= 11 is 0. The van der Waals surface area contributed by atoms with E-state index in [4.69, 9.17) is 14.0 Å². The number of carbonyl (C=O) groups is 1. The van der Waals surface area contributed by atoms with E-state index in [-0.39, 0.29) is 23.0 Å². The van der Waals surface area contributed by atoms with E-state index in [1.165, 1.54) is 4.90 Å². The minimum absolute atomic E-state index is 0.00315. The second-order valence-corrected chi connectivity index (χ2v) is 8.50. The number of benzene rings is 1. The van der Waals surface area contributed by atoms with Crippen LogP contribution in [0.2, 0.25) is 0 Å². The Morgan fingerprint density at radius 1 is 1.32 bits per heavy atom. The summed E-state index contributed by atoms with van der Waals surface area (Å²) in [4.78, 5) is 12.5. The summed E-state index contributed by atoms with van der Waals surface area (Å²) in [5, 5.41) is 9.02. The molecule has 2 heterocycles. The number of ether oxygens (including phenoxy) is 1. The molecule has 25 heavy (non-hydrogen) atoms. The molecule has 0 saturated carbocycles. The third kappa shape index (κ3) is 4.13. The first-order valence-electron chi connectivity index (χ1n) is 8.38. The molecule has 1 N–H and O–H groups in total. The summed E-state index contributed by atoms with van der Waals surface area (Å²) < 4.78 is 35.6. The Morgan fingerprint density at radius 3 is 2.56 bits per heavy atom. The Labute approximate surface area is 147 Å². The number of likely N-dealkylation sites (tertiary alicyclic amines) is 1. The molecule has 0 aromatic heterocycles. The Bertz CT molecular complexity index is 722. The number of carboxylic acid groups (broad SMARTS) is 1. The first-order valence-corrected chi connectivity index (χ1v) is 9.78. The molecule has 3 rings (SSSR count). The maximum absolute atomic E-state index is 12.3. The molecule has 1 amide bonds. The molecule has 2 aliphatic rings. The van der Waals surface area contributed by atoms with Gasteiger partial charge < -0.3 is 14.7 Å². The lowest BCUT2D eigenvalue weighted by Crippen LogP contribution is -2.46. The molecule has 2 aliphatic heterocycles. The van der Waals surface area contributed by atoms with Crippen LogP contribution in [0, 0.1) is 12.8 Å². The average molecular weight is 369 g/mol. The van der Waals surface area contributed by atoms with Crippen molar-refractivity contribution in [2.24, 2.45) is 5.92 Å². The summed E-state index contributed by atoms with van der Waals surface area (Å²) in [6, 6.07) is 6.55. The minimum atomic E-state index is -3.77. The first kappa shape index (κ1) is 18.2. The molecule has 1 atom stereocenters. The van der Waals surface area contributed by atoms with Crippen molar-refractivity contribution in [2.45, 2.75) is 36.7 Å². The lowest BCUT2D eigenvalue weighted by molar-refractivity contribution is -0.0398. The van der Waals surface area contributed by atoms with Crippen LogP contribution in [0.5, 0.6) is 0 Å². The van der Waals surface area contributed by atoms with Gasteiger partial charge in [-0.2, -0.15) is 8.42 Å². The Kier molecular flexibility index (Phi) is 5.04. The summed E-state index contributed by atoms with van der Waals surface area (Å²) in [5.74, 6) is -0.00315. The van der Waals surface area contributed by atoms with Gasteiger partial charge in [-0.1, -0.05) is 17.7 Å². The highest BCUT2D eigenvalue weighted by atomic mass is 32.2. The summed E-state index contributed by atoms with van der Waals surface area (Å²) in [6.07, 6.45) is 1.07. The van der Waals surface area contributed by atoms with E-state index in [2.05, 4.69) is 0 Å².